The topological polar surface area (TPSA) is 29.5 Å². The predicted molar refractivity (Wildman–Crippen MR) is 32.6 cm³/mol. The maximum atomic E-state index is 8.69. The van der Waals surface area contributed by atoms with Crippen LogP contribution < -0.4 is 0 Å². The fourth-order valence-corrected chi connectivity index (χ4v) is 0.381. The summed E-state index contributed by atoms with van der Waals surface area (Å²) in [6.07, 6.45) is 2.44. The number of hydrogen-bond acceptors (Lipinski definition) is 2. The van der Waals surface area contributed by atoms with Gasteiger partial charge in [-0.3, -0.25) is 0 Å². The van der Waals surface area contributed by atoms with Crippen LogP contribution in [0.1, 0.15) is 20.3 Å². The molecule has 0 bridgehead atoms. The number of aliphatic hydroxyl groups excluding tert-OH is 1. The number of aliphatic hydroxyl groups is 1. The lowest BCUT2D eigenvalue weighted by Gasteiger charge is -1.97. The minimum absolute atomic E-state index is 0.0370. The zero-order valence-electron chi connectivity index (χ0n) is 5.35. The summed E-state index contributed by atoms with van der Waals surface area (Å²) < 4.78 is 4.70. The summed E-state index contributed by atoms with van der Waals surface area (Å²) in [7, 11) is 0. The van der Waals surface area contributed by atoms with Crippen LogP contribution in [0, 0.1) is 0 Å². The second-order valence-corrected chi connectivity index (χ2v) is 1.38. The molecule has 0 spiro atoms. The molecule has 8 heavy (non-hydrogen) atoms. The Bertz CT molecular complexity index is 76.6. The van der Waals surface area contributed by atoms with Crippen LogP contribution in [0.2, 0.25) is 0 Å². The fraction of sp³-hybridized carbons (Fsp3) is 0.667. The maximum absolute atomic E-state index is 8.69. The van der Waals surface area contributed by atoms with Crippen molar-refractivity contribution in [3.05, 3.63) is 12.0 Å². The Labute approximate surface area is 49.8 Å². The van der Waals surface area contributed by atoms with E-state index in [-0.39, 0.29) is 5.95 Å². The molecule has 0 heterocycles. The monoisotopic (exact) mass is 116 g/mol. The van der Waals surface area contributed by atoms with Gasteiger partial charge in [0.15, 0.2) is 0 Å². The molecular formula is C6H12O2. The first-order valence-electron chi connectivity index (χ1n) is 2.83. The van der Waals surface area contributed by atoms with Crippen LogP contribution in [0.5, 0.6) is 0 Å². The van der Waals surface area contributed by atoms with Crippen LogP contribution in [0.15, 0.2) is 12.0 Å². The van der Waals surface area contributed by atoms with Gasteiger partial charge in [-0.1, -0.05) is 6.92 Å². The Morgan fingerprint density at radius 2 is 2.25 bits per heavy atom. The standard InChI is InChI=1S/C6H12O2/c1-3-5-6(7)8-4-2/h5,7H,3-4H2,1-2H3/b6-5-. The third-order valence-electron chi connectivity index (χ3n) is 0.671. The van der Waals surface area contributed by atoms with Gasteiger partial charge in [0.25, 0.3) is 5.95 Å². The molecule has 0 fully saturated rings. The molecule has 0 aromatic carbocycles. The van der Waals surface area contributed by atoms with Crippen molar-refractivity contribution in [3.8, 4) is 0 Å². The third-order valence-corrected chi connectivity index (χ3v) is 0.671. The normalized spacial score (nSPS) is 11.5. The van der Waals surface area contributed by atoms with Crippen LogP contribution in [0.4, 0.5) is 0 Å². The zero-order valence-corrected chi connectivity index (χ0v) is 5.35. The highest BCUT2D eigenvalue weighted by molar-refractivity contribution is 4.78. The first-order valence-corrected chi connectivity index (χ1v) is 2.83. The van der Waals surface area contributed by atoms with E-state index in [1.54, 1.807) is 6.08 Å². The van der Waals surface area contributed by atoms with Gasteiger partial charge in [0, 0.05) is 0 Å². The molecular weight excluding hydrogens is 104 g/mol. The molecule has 0 radical (unpaired) electrons. The molecule has 0 saturated carbocycles. The first-order chi connectivity index (χ1) is 3.81. The molecule has 0 atom stereocenters. The Kier molecular flexibility index (Phi) is 4.13. The summed E-state index contributed by atoms with van der Waals surface area (Å²) in [6, 6.07) is 0. The summed E-state index contributed by atoms with van der Waals surface area (Å²) in [5.74, 6) is 0.0370. The minimum Gasteiger partial charge on any atom is -0.481 e. The van der Waals surface area contributed by atoms with Crippen LogP contribution >= 0.6 is 0 Å². The molecule has 0 aromatic rings. The molecule has 0 aliphatic heterocycles. The van der Waals surface area contributed by atoms with E-state index in [1.807, 2.05) is 13.8 Å². The molecule has 0 aliphatic rings. The van der Waals surface area contributed by atoms with E-state index in [4.69, 9.17) is 9.84 Å². The highest BCUT2D eigenvalue weighted by Crippen LogP contribution is 1.91. The number of rotatable bonds is 3. The van der Waals surface area contributed by atoms with E-state index in [0.29, 0.717) is 6.61 Å². The van der Waals surface area contributed by atoms with Crippen LogP contribution in [-0.2, 0) is 4.74 Å². The fourth-order valence-electron chi connectivity index (χ4n) is 0.381. The molecule has 0 saturated heterocycles. The Balaban J connectivity index is 3.29. The van der Waals surface area contributed by atoms with E-state index in [0.717, 1.165) is 6.42 Å². The summed E-state index contributed by atoms with van der Waals surface area (Å²) in [4.78, 5) is 0. The van der Waals surface area contributed by atoms with Crippen molar-refractivity contribution in [1.29, 1.82) is 0 Å². The summed E-state index contributed by atoms with van der Waals surface area (Å²) in [5.41, 5.74) is 0. The summed E-state index contributed by atoms with van der Waals surface area (Å²) in [5, 5.41) is 8.69. The van der Waals surface area contributed by atoms with Gasteiger partial charge in [0.05, 0.1) is 6.61 Å². The van der Waals surface area contributed by atoms with Gasteiger partial charge in [-0.15, -0.1) is 0 Å². The van der Waals surface area contributed by atoms with Crippen molar-refractivity contribution in [1.82, 2.24) is 0 Å². The molecule has 2 nitrogen and oxygen atoms in total. The molecule has 0 rings (SSSR count). The zero-order chi connectivity index (χ0) is 6.41. The Morgan fingerprint density at radius 1 is 1.62 bits per heavy atom. The van der Waals surface area contributed by atoms with Gasteiger partial charge in [-0.05, 0) is 19.4 Å². The number of hydrogen-bond donors (Lipinski definition) is 1. The van der Waals surface area contributed by atoms with E-state index >= 15 is 0 Å². The minimum atomic E-state index is 0.0370. The highest BCUT2D eigenvalue weighted by atomic mass is 16.6. The molecule has 0 aliphatic carbocycles. The summed E-state index contributed by atoms with van der Waals surface area (Å²) >= 11 is 0. The highest BCUT2D eigenvalue weighted by Gasteiger charge is 1.84. The molecule has 2 heteroatoms. The molecule has 0 amide bonds. The first kappa shape index (κ1) is 7.34. The van der Waals surface area contributed by atoms with E-state index in [9.17, 15) is 0 Å². The van der Waals surface area contributed by atoms with Crippen molar-refractivity contribution >= 4 is 0 Å². The number of ether oxygens (including phenoxy) is 1. The second kappa shape index (κ2) is 4.50. The Morgan fingerprint density at radius 3 is 2.62 bits per heavy atom. The van der Waals surface area contributed by atoms with Gasteiger partial charge in [-0.2, -0.15) is 0 Å². The summed E-state index contributed by atoms with van der Waals surface area (Å²) in [6.45, 7) is 4.30. The van der Waals surface area contributed by atoms with Crippen molar-refractivity contribution in [2.45, 2.75) is 20.3 Å². The molecule has 0 unspecified atom stereocenters. The second-order valence-electron chi connectivity index (χ2n) is 1.38. The Hall–Kier alpha value is -0.660. The van der Waals surface area contributed by atoms with Gasteiger partial charge in [0.1, 0.15) is 0 Å². The van der Waals surface area contributed by atoms with Crippen molar-refractivity contribution < 1.29 is 9.84 Å². The van der Waals surface area contributed by atoms with E-state index in [1.165, 1.54) is 0 Å². The molecule has 48 valence electrons. The van der Waals surface area contributed by atoms with E-state index in [2.05, 4.69) is 0 Å². The van der Waals surface area contributed by atoms with Crippen molar-refractivity contribution in [2.75, 3.05) is 6.61 Å². The van der Waals surface area contributed by atoms with Crippen molar-refractivity contribution in [3.63, 3.8) is 0 Å². The average molecular weight is 116 g/mol. The smallest absolute Gasteiger partial charge is 0.272 e. The van der Waals surface area contributed by atoms with Crippen molar-refractivity contribution in [2.24, 2.45) is 0 Å². The van der Waals surface area contributed by atoms with Gasteiger partial charge < -0.3 is 9.84 Å². The quantitative estimate of drug-likeness (QED) is 0.570. The third kappa shape index (κ3) is 3.53. The van der Waals surface area contributed by atoms with Gasteiger partial charge >= 0.3 is 0 Å². The average Bonchev–Trinajstić information content (AvgIpc) is 1.68. The van der Waals surface area contributed by atoms with Gasteiger partial charge in [-0.25, -0.2) is 0 Å². The van der Waals surface area contributed by atoms with Gasteiger partial charge in [0.2, 0.25) is 0 Å². The van der Waals surface area contributed by atoms with Crippen LogP contribution in [0.25, 0.3) is 0 Å². The van der Waals surface area contributed by atoms with Crippen LogP contribution in [0.3, 0.4) is 0 Å². The number of allylic oxidation sites excluding steroid dienone is 1. The lowest BCUT2D eigenvalue weighted by atomic mass is 10.5. The largest absolute Gasteiger partial charge is 0.481 e. The molecule has 0 aromatic heterocycles. The molecule has 1 N–H and O–H groups in total. The van der Waals surface area contributed by atoms with E-state index < -0.39 is 0 Å². The lowest BCUT2D eigenvalue weighted by Crippen LogP contribution is -1.88. The SMILES string of the molecule is CC/C=C(/O)OCC. The lowest BCUT2D eigenvalue weighted by molar-refractivity contribution is 0.101. The van der Waals surface area contributed by atoms with Crippen LogP contribution in [-0.4, -0.2) is 11.7 Å². The predicted octanol–water partition coefficient (Wildman–Crippen LogP) is 1.83. The maximum Gasteiger partial charge on any atom is 0.272 e.